The number of carbonyl (C=O) groups is 2. The SMILES string of the molecule is O=C(Cc1cccnc1)N[C@]1(OC(=O)NCc2ccc(Nc3ccccc3C(F)(F)F)cc2)CCOC1. The van der Waals surface area contributed by atoms with Crippen molar-refractivity contribution in [3.05, 3.63) is 89.7 Å². The number of hydrogen-bond acceptors (Lipinski definition) is 6. The number of rotatable bonds is 8. The maximum Gasteiger partial charge on any atom is 0.418 e. The van der Waals surface area contributed by atoms with Crippen molar-refractivity contribution in [3.8, 4) is 0 Å². The molecule has 1 atom stereocenters. The van der Waals surface area contributed by atoms with Crippen LogP contribution in [0.4, 0.5) is 29.3 Å². The molecule has 1 fully saturated rings. The molecule has 1 saturated heterocycles. The van der Waals surface area contributed by atoms with Gasteiger partial charge in [-0.15, -0.1) is 0 Å². The van der Waals surface area contributed by atoms with Crippen LogP contribution in [-0.2, 0) is 33.4 Å². The second kappa shape index (κ2) is 11.3. The molecule has 0 saturated carbocycles. The second-order valence-electron chi connectivity index (χ2n) is 8.49. The van der Waals surface area contributed by atoms with Gasteiger partial charge in [0.1, 0.15) is 6.61 Å². The largest absolute Gasteiger partial charge is 0.420 e. The van der Waals surface area contributed by atoms with Gasteiger partial charge in [-0.2, -0.15) is 13.2 Å². The lowest BCUT2D eigenvalue weighted by Gasteiger charge is -2.28. The number of benzene rings is 2. The smallest absolute Gasteiger partial charge is 0.418 e. The number of anilines is 2. The van der Waals surface area contributed by atoms with Crippen LogP contribution in [0.1, 0.15) is 23.1 Å². The van der Waals surface area contributed by atoms with Gasteiger partial charge in [0, 0.05) is 31.0 Å². The van der Waals surface area contributed by atoms with Gasteiger partial charge in [0.15, 0.2) is 0 Å². The lowest BCUT2D eigenvalue weighted by atomic mass is 10.1. The zero-order chi connectivity index (χ0) is 26.3. The maximum absolute atomic E-state index is 13.2. The molecular formula is C26H25F3N4O4. The van der Waals surface area contributed by atoms with Crippen LogP contribution in [0.15, 0.2) is 73.1 Å². The van der Waals surface area contributed by atoms with Crippen LogP contribution in [0.25, 0.3) is 0 Å². The summed E-state index contributed by atoms with van der Waals surface area (Å²) >= 11 is 0. The first kappa shape index (κ1) is 26.0. The van der Waals surface area contributed by atoms with Crippen LogP contribution in [0.5, 0.6) is 0 Å². The molecule has 194 valence electrons. The van der Waals surface area contributed by atoms with Gasteiger partial charge >= 0.3 is 12.3 Å². The molecular weight excluding hydrogens is 489 g/mol. The fourth-order valence-corrected chi connectivity index (χ4v) is 3.83. The Hall–Kier alpha value is -4.12. The maximum atomic E-state index is 13.2. The molecule has 0 bridgehead atoms. The summed E-state index contributed by atoms with van der Waals surface area (Å²) in [5.74, 6) is -0.332. The highest BCUT2D eigenvalue weighted by atomic mass is 19.4. The Bertz CT molecular complexity index is 1210. The summed E-state index contributed by atoms with van der Waals surface area (Å²) in [6, 6.07) is 15.3. The van der Waals surface area contributed by atoms with E-state index in [2.05, 4.69) is 20.9 Å². The molecule has 8 nitrogen and oxygen atoms in total. The number of carbonyl (C=O) groups excluding carboxylic acids is 2. The number of nitrogens with one attached hydrogen (secondary N) is 3. The molecule has 11 heteroatoms. The molecule has 2 amide bonds. The fraction of sp³-hybridized carbons (Fsp3) is 0.269. The van der Waals surface area contributed by atoms with Crippen molar-refractivity contribution >= 4 is 23.4 Å². The van der Waals surface area contributed by atoms with Crippen LogP contribution in [0.3, 0.4) is 0 Å². The summed E-state index contributed by atoms with van der Waals surface area (Å²) in [5, 5.41) is 8.15. The van der Waals surface area contributed by atoms with E-state index in [1.165, 1.54) is 18.2 Å². The van der Waals surface area contributed by atoms with E-state index >= 15 is 0 Å². The molecule has 0 spiro atoms. The highest BCUT2D eigenvalue weighted by Crippen LogP contribution is 2.35. The Labute approximate surface area is 211 Å². The monoisotopic (exact) mass is 514 g/mol. The Morgan fingerprint density at radius 3 is 2.49 bits per heavy atom. The summed E-state index contributed by atoms with van der Waals surface area (Å²) in [6.45, 7) is 0.462. The number of nitrogens with zero attached hydrogens (tertiary/aromatic N) is 1. The van der Waals surface area contributed by atoms with E-state index in [4.69, 9.17) is 9.47 Å². The van der Waals surface area contributed by atoms with Crippen molar-refractivity contribution in [2.45, 2.75) is 31.3 Å². The first-order valence-electron chi connectivity index (χ1n) is 11.5. The van der Waals surface area contributed by atoms with E-state index in [0.29, 0.717) is 24.3 Å². The molecule has 1 aromatic heterocycles. The Balaban J connectivity index is 1.30. The quantitative estimate of drug-likeness (QED) is 0.382. The number of pyridine rings is 1. The van der Waals surface area contributed by atoms with Gasteiger partial charge in [-0.05, 0) is 41.5 Å². The normalized spacial score (nSPS) is 17.2. The van der Waals surface area contributed by atoms with Crippen LogP contribution < -0.4 is 16.0 Å². The number of halogens is 3. The number of hydrogen-bond donors (Lipinski definition) is 3. The number of para-hydroxylation sites is 1. The Kier molecular flexibility index (Phi) is 7.92. The van der Waals surface area contributed by atoms with Crippen molar-refractivity contribution in [1.82, 2.24) is 15.6 Å². The van der Waals surface area contributed by atoms with Crippen LogP contribution in [0.2, 0.25) is 0 Å². The zero-order valence-corrected chi connectivity index (χ0v) is 19.7. The lowest BCUT2D eigenvalue weighted by molar-refractivity contribution is -0.137. The third-order valence-electron chi connectivity index (χ3n) is 5.63. The van der Waals surface area contributed by atoms with Crippen LogP contribution in [0, 0.1) is 0 Å². The topological polar surface area (TPSA) is 102 Å². The van der Waals surface area contributed by atoms with Crippen molar-refractivity contribution in [3.63, 3.8) is 0 Å². The van der Waals surface area contributed by atoms with Crippen molar-refractivity contribution in [2.75, 3.05) is 18.5 Å². The van der Waals surface area contributed by atoms with Crippen LogP contribution in [-0.4, -0.2) is 35.9 Å². The molecule has 0 unspecified atom stereocenters. The van der Waals surface area contributed by atoms with E-state index in [1.807, 2.05) is 0 Å². The lowest BCUT2D eigenvalue weighted by Crippen LogP contribution is -2.54. The number of alkyl halides is 3. The summed E-state index contributed by atoms with van der Waals surface area (Å²) in [5.41, 5.74) is -0.216. The van der Waals surface area contributed by atoms with Crippen molar-refractivity contribution in [1.29, 1.82) is 0 Å². The third kappa shape index (κ3) is 7.20. The highest BCUT2D eigenvalue weighted by Gasteiger charge is 2.40. The Morgan fingerprint density at radius 2 is 1.81 bits per heavy atom. The molecule has 2 aromatic carbocycles. The number of ether oxygens (including phenoxy) is 2. The van der Waals surface area contributed by atoms with E-state index in [-0.39, 0.29) is 31.2 Å². The molecule has 3 aromatic rings. The fourth-order valence-electron chi connectivity index (χ4n) is 3.83. The Morgan fingerprint density at radius 1 is 1.03 bits per heavy atom. The van der Waals surface area contributed by atoms with E-state index in [0.717, 1.165) is 11.6 Å². The van der Waals surface area contributed by atoms with Gasteiger partial charge in [0.05, 0.1) is 24.3 Å². The standard InChI is InChI=1S/C26H25F3N4O4/c27-26(28,29)21-5-1-2-6-22(21)32-20-9-7-18(8-10-20)16-31-24(35)37-25(11-13-36-17-25)33-23(34)14-19-4-3-12-30-15-19/h1-10,12,15,32H,11,13-14,16-17H2,(H,31,35)(H,33,34)/t25-/m0/s1. The minimum Gasteiger partial charge on any atom is -0.420 e. The molecule has 1 aliphatic heterocycles. The van der Waals surface area contributed by atoms with Gasteiger partial charge in [-0.1, -0.05) is 30.3 Å². The zero-order valence-electron chi connectivity index (χ0n) is 19.7. The molecule has 0 aliphatic carbocycles. The van der Waals surface area contributed by atoms with Crippen molar-refractivity contribution in [2.24, 2.45) is 0 Å². The number of amides is 2. The van der Waals surface area contributed by atoms with Gasteiger partial charge in [-0.25, -0.2) is 4.79 Å². The van der Waals surface area contributed by atoms with E-state index in [1.54, 1.807) is 48.8 Å². The number of aromatic nitrogens is 1. The summed E-state index contributed by atoms with van der Waals surface area (Å²) in [7, 11) is 0. The average Bonchev–Trinajstić information content (AvgIpc) is 3.31. The average molecular weight is 515 g/mol. The highest BCUT2D eigenvalue weighted by molar-refractivity contribution is 5.79. The van der Waals surface area contributed by atoms with Gasteiger partial charge in [0.2, 0.25) is 11.6 Å². The summed E-state index contributed by atoms with van der Waals surface area (Å²) in [6.07, 6.45) is -1.64. The van der Waals surface area contributed by atoms with Gasteiger partial charge < -0.3 is 25.4 Å². The summed E-state index contributed by atoms with van der Waals surface area (Å²) < 4.78 is 50.5. The van der Waals surface area contributed by atoms with Gasteiger partial charge in [-0.3, -0.25) is 9.78 Å². The first-order valence-corrected chi connectivity index (χ1v) is 11.5. The predicted molar refractivity (Wildman–Crippen MR) is 129 cm³/mol. The molecule has 0 radical (unpaired) electrons. The predicted octanol–water partition coefficient (Wildman–Crippen LogP) is 4.55. The van der Waals surface area contributed by atoms with E-state index in [9.17, 15) is 22.8 Å². The van der Waals surface area contributed by atoms with Crippen molar-refractivity contribution < 1.29 is 32.2 Å². The minimum atomic E-state index is -4.48. The minimum absolute atomic E-state index is 0.0268. The molecule has 3 N–H and O–H groups in total. The molecule has 37 heavy (non-hydrogen) atoms. The van der Waals surface area contributed by atoms with Crippen LogP contribution >= 0.6 is 0 Å². The molecule has 1 aliphatic rings. The summed E-state index contributed by atoms with van der Waals surface area (Å²) in [4.78, 5) is 29.0. The number of alkyl carbamates (subject to hydrolysis) is 1. The molecule has 4 rings (SSSR count). The molecule has 2 heterocycles. The second-order valence-corrected chi connectivity index (χ2v) is 8.49. The van der Waals surface area contributed by atoms with E-state index < -0.39 is 23.6 Å². The first-order chi connectivity index (χ1) is 17.7. The van der Waals surface area contributed by atoms with Gasteiger partial charge in [0.25, 0.3) is 0 Å². The third-order valence-corrected chi connectivity index (χ3v) is 5.63.